The second-order valence-electron chi connectivity index (χ2n) is 8.88. The number of unbranched alkanes of at least 4 members (excludes halogenated alkanes) is 1. The fourth-order valence-corrected chi connectivity index (χ4v) is 4.58. The van der Waals surface area contributed by atoms with Crippen LogP contribution in [0.5, 0.6) is 5.75 Å². The maximum absolute atomic E-state index is 13.9. The third-order valence-corrected chi connectivity index (χ3v) is 6.53. The van der Waals surface area contributed by atoms with E-state index in [2.05, 4.69) is 0 Å². The second-order valence-corrected chi connectivity index (χ2v) is 8.88. The highest BCUT2D eigenvalue weighted by Crippen LogP contribution is 2.31. The zero-order chi connectivity index (χ0) is 27.2. The summed E-state index contributed by atoms with van der Waals surface area (Å²) in [6, 6.07) is 19.4. The Bertz CT molecular complexity index is 1510. The van der Waals surface area contributed by atoms with Crippen LogP contribution in [0, 0.1) is 10.1 Å². The van der Waals surface area contributed by atoms with Gasteiger partial charge in [0.05, 0.1) is 34.7 Å². The largest absolute Gasteiger partial charge is 0.495 e. The van der Waals surface area contributed by atoms with Crippen molar-refractivity contribution in [3.63, 3.8) is 0 Å². The third-order valence-electron chi connectivity index (χ3n) is 6.53. The number of para-hydroxylation sites is 3. The number of nitro benzene ring substituents is 1. The van der Waals surface area contributed by atoms with Crippen LogP contribution in [0.3, 0.4) is 0 Å². The van der Waals surface area contributed by atoms with Gasteiger partial charge in [-0.05, 0) is 49.2 Å². The van der Waals surface area contributed by atoms with E-state index >= 15 is 0 Å². The van der Waals surface area contributed by atoms with Crippen molar-refractivity contribution in [3.05, 3.63) is 105 Å². The number of benzene rings is 3. The number of nitro groups is 1. The van der Waals surface area contributed by atoms with Crippen molar-refractivity contribution in [1.29, 1.82) is 0 Å². The summed E-state index contributed by atoms with van der Waals surface area (Å²) in [4.78, 5) is 45.0. The summed E-state index contributed by atoms with van der Waals surface area (Å²) >= 11 is 0. The van der Waals surface area contributed by atoms with Gasteiger partial charge in [0, 0.05) is 24.2 Å². The van der Waals surface area contributed by atoms with E-state index in [1.54, 1.807) is 42.3 Å². The molecule has 1 unspecified atom stereocenters. The summed E-state index contributed by atoms with van der Waals surface area (Å²) < 4.78 is 7.12. The molecule has 9 nitrogen and oxygen atoms in total. The molecule has 0 aliphatic carbocycles. The predicted molar refractivity (Wildman–Crippen MR) is 146 cm³/mol. The van der Waals surface area contributed by atoms with Crippen molar-refractivity contribution in [2.24, 2.45) is 0 Å². The minimum Gasteiger partial charge on any atom is -0.495 e. The lowest BCUT2D eigenvalue weighted by Gasteiger charge is -2.32. The van der Waals surface area contributed by atoms with E-state index in [4.69, 9.17) is 9.72 Å². The number of rotatable bonds is 10. The average Bonchev–Trinajstić information content (AvgIpc) is 2.95. The van der Waals surface area contributed by atoms with Crippen molar-refractivity contribution in [3.8, 4) is 11.4 Å². The zero-order valence-corrected chi connectivity index (χ0v) is 21.7. The van der Waals surface area contributed by atoms with Crippen LogP contribution in [0.1, 0.15) is 55.3 Å². The molecule has 0 saturated heterocycles. The van der Waals surface area contributed by atoms with Crippen LogP contribution in [0.25, 0.3) is 16.6 Å². The molecule has 9 heteroatoms. The van der Waals surface area contributed by atoms with E-state index in [-0.39, 0.29) is 17.2 Å². The molecule has 0 aliphatic heterocycles. The number of amides is 1. The van der Waals surface area contributed by atoms with Gasteiger partial charge in [0.15, 0.2) is 0 Å². The minimum atomic E-state index is -0.550. The highest BCUT2D eigenvalue weighted by molar-refractivity contribution is 5.94. The van der Waals surface area contributed by atoms with Crippen LogP contribution < -0.4 is 10.3 Å². The summed E-state index contributed by atoms with van der Waals surface area (Å²) in [6.45, 7) is 4.41. The number of fused-ring (bicyclic) bond motifs is 1. The van der Waals surface area contributed by atoms with Crippen LogP contribution >= 0.6 is 0 Å². The van der Waals surface area contributed by atoms with Crippen LogP contribution in [-0.2, 0) is 0 Å². The summed E-state index contributed by atoms with van der Waals surface area (Å²) in [5, 5.41) is 11.6. The predicted octanol–water partition coefficient (Wildman–Crippen LogP) is 5.70. The van der Waals surface area contributed by atoms with Gasteiger partial charge in [-0.3, -0.25) is 24.3 Å². The number of hydrogen-bond donors (Lipinski definition) is 0. The van der Waals surface area contributed by atoms with Gasteiger partial charge >= 0.3 is 0 Å². The smallest absolute Gasteiger partial charge is 0.269 e. The van der Waals surface area contributed by atoms with Crippen molar-refractivity contribution >= 4 is 22.5 Å². The first-order valence-corrected chi connectivity index (χ1v) is 12.6. The molecule has 0 bridgehead atoms. The molecule has 4 aromatic rings. The highest BCUT2D eigenvalue weighted by atomic mass is 16.6. The lowest BCUT2D eigenvalue weighted by molar-refractivity contribution is -0.384. The molecule has 0 radical (unpaired) electrons. The molecule has 0 aliphatic rings. The lowest BCUT2D eigenvalue weighted by atomic mass is 10.1. The van der Waals surface area contributed by atoms with Gasteiger partial charge in [0.2, 0.25) is 0 Å². The van der Waals surface area contributed by atoms with E-state index in [0.29, 0.717) is 46.7 Å². The van der Waals surface area contributed by atoms with Crippen molar-refractivity contribution in [2.75, 3.05) is 13.7 Å². The highest BCUT2D eigenvalue weighted by Gasteiger charge is 2.30. The zero-order valence-electron chi connectivity index (χ0n) is 21.7. The normalized spacial score (nSPS) is 11.8. The minimum absolute atomic E-state index is 0.0880. The maximum atomic E-state index is 13.9. The Kier molecular flexibility index (Phi) is 8.15. The molecular weight excluding hydrogens is 484 g/mol. The van der Waals surface area contributed by atoms with E-state index < -0.39 is 11.0 Å². The van der Waals surface area contributed by atoms with Crippen LogP contribution in [0.4, 0.5) is 5.69 Å². The SMILES string of the molecule is CCCCN(C(=O)c1ccc([N+](=O)[O-])cc1)C(CC)c1nc2ccccc2c(=O)n1-c1ccccc1OC. The van der Waals surface area contributed by atoms with Crippen molar-refractivity contribution < 1.29 is 14.5 Å². The lowest BCUT2D eigenvalue weighted by Crippen LogP contribution is -2.39. The molecule has 4 rings (SSSR count). The van der Waals surface area contributed by atoms with Crippen LogP contribution in [0.2, 0.25) is 0 Å². The quantitative estimate of drug-likeness (QED) is 0.199. The molecule has 3 aromatic carbocycles. The number of non-ortho nitro benzene ring substituents is 1. The first-order valence-electron chi connectivity index (χ1n) is 12.6. The first kappa shape index (κ1) is 26.5. The molecule has 1 atom stereocenters. The van der Waals surface area contributed by atoms with Gasteiger partial charge in [-0.2, -0.15) is 0 Å². The second kappa shape index (κ2) is 11.7. The van der Waals surface area contributed by atoms with E-state index in [0.717, 1.165) is 12.8 Å². The number of hydrogen-bond acceptors (Lipinski definition) is 6. The van der Waals surface area contributed by atoms with E-state index in [1.165, 1.54) is 28.8 Å². The average molecular weight is 515 g/mol. The van der Waals surface area contributed by atoms with Gasteiger partial charge in [0.25, 0.3) is 17.2 Å². The van der Waals surface area contributed by atoms with Crippen LogP contribution in [-0.4, -0.2) is 38.9 Å². The molecule has 0 spiro atoms. The molecule has 38 heavy (non-hydrogen) atoms. The fourth-order valence-electron chi connectivity index (χ4n) is 4.58. The number of nitrogens with zero attached hydrogens (tertiary/aromatic N) is 4. The standard InChI is InChI=1S/C29H30N4O5/c1-4-6-19-31(28(34)20-15-17-21(18-16-20)33(36)37)24(5-2)27-30-23-12-8-7-11-22(23)29(35)32(27)25-13-9-10-14-26(25)38-3/h7-18,24H,4-6,19H2,1-3H3. The third kappa shape index (κ3) is 5.13. The van der Waals surface area contributed by atoms with Crippen molar-refractivity contribution in [1.82, 2.24) is 14.5 Å². The van der Waals surface area contributed by atoms with Gasteiger partial charge in [-0.15, -0.1) is 0 Å². The summed E-state index contributed by atoms with van der Waals surface area (Å²) in [5.74, 6) is 0.644. The monoisotopic (exact) mass is 514 g/mol. The Morgan fingerprint density at radius 1 is 1.05 bits per heavy atom. The summed E-state index contributed by atoms with van der Waals surface area (Å²) in [5.41, 5.74) is 1.05. The Morgan fingerprint density at radius 3 is 2.39 bits per heavy atom. The Hall–Kier alpha value is -4.53. The molecular formula is C29H30N4O5. The topological polar surface area (TPSA) is 108 Å². The van der Waals surface area contributed by atoms with E-state index in [1.807, 2.05) is 32.0 Å². The number of carbonyl (C=O) groups excluding carboxylic acids is 1. The molecule has 0 fully saturated rings. The van der Waals surface area contributed by atoms with Gasteiger partial charge in [-0.1, -0.05) is 44.5 Å². The van der Waals surface area contributed by atoms with Crippen LogP contribution in [0.15, 0.2) is 77.6 Å². The van der Waals surface area contributed by atoms with Crippen molar-refractivity contribution in [2.45, 2.75) is 39.2 Å². The molecule has 1 amide bonds. The number of ether oxygens (including phenoxy) is 1. The first-order chi connectivity index (χ1) is 18.4. The van der Waals surface area contributed by atoms with Gasteiger partial charge < -0.3 is 9.64 Å². The molecule has 1 aromatic heterocycles. The number of methoxy groups -OCH3 is 1. The molecule has 0 N–H and O–H groups in total. The summed E-state index contributed by atoms with van der Waals surface area (Å²) in [6.07, 6.45) is 2.08. The van der Waals surface area contributed by atoms with Gasteiger partial charge in [-0.25, -0.2) is 4.98 Å². The molecule has 196 valence electrons. The maximum Gasteiger partial charge on any atom is 0.269 e. The molecule has 0 saturated carbocycles. The Morgan fingerprint density at radius 2 is 1.74 bits per heavy atom. The number of aromatic nitrogens is 2. The Balaban J connectivity index is 1.93. The fraction of sp³-hybridized carbons (Fsp3) is 0.276. The Labute approximate surface area is 220 Å². The van der Waals surface area contributed by atoms with Gasteiger partial charge in [0.1, 0.15) is 11.6 Å². The number of carbonyl (C=O) groups is 1. The van der Waals surface area contributed by atoms with E-state index in [9.17, 15) is 19.7 Å². The molecule has 1 heterocycles. The summed E-state index contributed by atoms with van der Waals surface area (Å²) in [7, 11) is 1.54.